The van der Waals surface area contributed by atoms with Crippen molar-refractivity contribution in [1.82, 2.24) is 14.7 Å². The molecule has 0 amide bonds. The number of methoxy groups -OCH3 is 1. The zero-order valence-electron chi connectivity index (χ0n) is 19.3. The summed E-state index contributed by atoms with van der Waals surface area (Å²) in [5, 5.41) is 3.90. The van der Waals surface area contributed by atoms with Crippen molar-refractivity contribution in [2.45, 2.75) is 33.6 Å². The van der Waals surface area contributed by atoms with E-state index in [2.05, 4.69) is 10.1 Å². The molecule has 0 unspecified atom stereocenters. The first-order valence-corrected chi connectivity index (χ1v) is 10.7. The molecule has 0 saturated heterocycles. The van der Waals surface area contributed by atoms with Gasteiger partial charge in [0.15, 0.2) is 17.3 Å². The molecule has 182 valence electrons. The molecule has 8 nitrogen and oxygen atoms in total. The van der Waals surface area contributed by atoms with Gasteiger partial charge in [0.25, 0.3) is 0 Å². The fourth-order valence-corrected chi connectivity index (χ4v) is 3.53. The molecule has 0 fully saturated rings. The summed E-state index contributed by atoms with van der Waals surface area (Å²) < 4.78 is 49.3. The minimum Gasteiger partial charge on any atom is -0.493 e. The van der Waals surface area contributed by atoms with Gasteiger partial charge >= 0.3 is 12.5 Å². The number of benzene rings is 2. The zero-order valence-corrected chi connectivity index (χ0v) is 19.3. The topological polar surface area (TPSA) is 88.6 Å². The summed E-state index contributed by atoms with van der Waals surface area (Å²) in [7, 11) is 1.51. The van der Waals surface area contributed by atoms with Crippen LogP contribution in [0, 0.1) is 13.8 Å². The average Bonchev–Trinajstić information content (AvgIpc) is 3.39. The van der Waals surface area contributed by atoms with Crippen molar-refractivity contribution < 1.29 is 32.3 Å². The van der Waals surface area contributed by atoms with Gasteiger partial charge < -0.3 is 18.7 Å². The van der Waals surface area contributed by atoms with Crippen LogP contribution in [0.25, 0.3) is 17.1 Å². The van der Waals surface area contributed by atoms with Gasteiger partial charge in [-0.05, 0) is 49.8 Å². The number of esters is 1. The summed E-state index contributed by atoms with van der Waals surface area (Å²) in [5.41, 5.74) is 2.94. The Morgan fingerprint density at radius 1 is 1.14 bits per heavy atom. The number of nitrogens with zero attached hydrogens (tertiary/aromatic N) is 3. The largest absolute Gasteiger partial charge is 0.493 e. The molecule has 0 saturated carbocycles. The van der Waals surface area contributed by atoms with E-state index in [9.17, 15) is 13.6 Å². The maximum atomic E-state index is 13.5. The lowest BCUT2D eigenvalue weighted by molar-refractivity contribution is -0.139. The second-order valence-electron chi connectivity index (χ2n) is 7.61. The Hall–Kier alpha value is -4.21. The fraction of sp³-hybridized carbons (Fsp3) is 0.240. The highest BCUT2D eigenvalue weighted by Gasteiger charge is 2.18. The van der Waals surface area contributed by atoms with Crippen molar-refractivity contribution >= 4 is 23.1 Å². The highest BCUT2D eigenvalue weighted by Crippen LogP contribution is 2.30. The van der Waals surface area contributed by atoms with E-state index in [1.54, 1.807) is 36.4 Å². The number of hydrogen-bond acceptors (Lipinski definition) is 7. The number of para-hydroxylation sites is 2. The van der Waals surface area contributed by atoms with Gasteiger partial charge in [0.05, 0.1) is 29.4 Å². The van der Waals surface area contributed by atoms with Crippen molar-refractivity contribution in [3.63, 3.8) is 0 Å². The Morgan fingerprint density at radius 3 is 2.66 bits per heavy atom. The molecule has 10 heteroatoms. The molecule has 4 aromatic rings. The number of imidazole rings is 1. The molecule has 0 aliphatic carbocycles. The van der Waals surface area contributed by atoms with Crippen LogP contribution in [0.2, 0.25) is 0 Å². The Labute approximate surface area is 199 Å². The minimum absolute atomic E-state index is 0.0376. The van der Waals surface area contributed by atoms with E-state index in [1.165, 1.54) is 25.3 Å². The van der Waals surface area contributed by atoms with Crippen LogP contribution in [-0.2, 0) is 22.7 Å². The number of carbonyl (C=O) groups excluding carboxylic acids is 1. The first-order chi connectivity index (χ1) is 16.9. The number of ether oxygens (including phenoxy) is 3. The molecule has 0 N–H and O–H groups in total. The van der Waals surface area contributed by atoms with Crippen LogP contribution in [0.15, 0.2) is 53.1 Å². The fourth-order valence-electron chi connectivity index (χ4n) is 3.53. The van der Waals surface area contributed by atoms with Crippen LogP contribution < -0.4 is 9.47 Å². The van der Waals surface area contributed by atoms with E-state index < -0.39 is 12.5 Å². The number of carbonyl (C=O) groups is 1. The summed E-state index contributed by atoms with van der Waals surface area (Å²) >= 11 is 0. The Bertz CT molecular complexity index is 1360. The van der Waals surface area contributed by atoms with Gasteiger partial charge in [-0.3, -0.25) is 4.57 Å². The lowest BCUT2D eigenvalue weighted by atomic mass is 10.2. The van der Waals surface area contributed by atoms with Gasteiger partial charge in [-0.2, -0.15) is 8.78 Å². The molecule has 2 aromatic heterocycles. The number of rotatable bonds is 9. The van der Waals surface area contributed by atoms with Crippen molar-refractivity contribution in [1.29, 1.82) is 0 Å². The predicted molar refractivity (Wildman–Crippen MR) is 123 cm³/mol. The molecule has 2 heterocycles. The summed E-state index contributed by atoms with van der Waals surface area (Å²) in [4.78, 5) is 16.3. The molecule has 4 rings (SSSR count). The molecule has 0 bridgehead atoms. The lowest BCUT2D eigenvalue weighted by Gasteiger charge is -2.11. The third kappa shape index (κ3) is 5.32. The second-order valence-corrected chi connectivity index (χ2v) is 7.61. The molecular formula is C25H23F2N3O5. The molecule has 0 spiro atoms. The number of hydrogen-bond donors (Lipinski definition) is 0. The Morgan fingerprint density at radius 2 is 1.94 bits per heavy atom. The monoisotopic (exact) mass is 483 g/mol. The zero-order chi connectivity index (χ0) is 24.9. The standard InChI is InChI=1S/C25H23F2N3O5/c1-15-18(16(2)35-29-15)13-33-21-10-8-17(12-22(21)32-3)9-11-24(31)34-14-23-28-19-6-4-5-7-20(19)30(23)25(26)27/h4-12,25H,13-14H2,1-3H3. The first-order valence-electron chi connectivity index (χ1n) is 10.7. The van der Waals surface area contributed by atoms with Crippen molar-refractivity contribution in [2.24, 2.45) is 0 Å². The van der Waals surface area contributed by atoms with E-state index in [1.807, 2.05) is 13.8 Å². The van der Waals surface area contributed by atoms with Gasteiger partial charge in [-0.15, -0.1) is 0 Å². The average molecular weight is 483 g/mol. The van der Waals surface area contributed by atoms with Gasteiger partial charge in [0, 0.05) is 6.08 Å². The van der Waals surface area contributed by atoms with Gasteiger partial charge in [-0.1, -0.05) is 23.4 Å². The minimum atomic E-state index is -2.81. The summed E-state index contributed by atoms with van der Waals surface area (Å²) in [5.74, 6) is 0.930. The lowest BCUT2D eigenvalue weighted by Crippen LogP contribution is -2.09. The van der Waals surface area contributed by atoms with E-state index in [0.717, 1.165) is 15.8 Å². The third-order valence-corrected chi connectivity index (χ3v) is 5.36. The van der Waals surface area contributed by atoms with Crippen LogP contribution in [0.5, 0.6) is 11.5 Å². The summed E-state index contributed by atoms with van der Waals surface area (Å²) in [6, 6.07) is 11.7. The Balaban J connectivity index is 1.40. The molecule has 2 aromatic carbocycles. The SMILES string of the molecule is COc1cc(C=CC(=O)OCc2nc3ccccc3n2C(F)F)ccc1OCc1c(C)noc1C. The second kappa shape index (κ2) is 10.4. The van der Waals surface area contributed by atoms with Crippen molar-refractivity contribution in [3.8, 4) is 11.5 Å². The number of fused-ring (bicyclic) bond motifs is 1. The smallest absolute Gasteiger partial charge is 0.331 e. The Kier molecular flexibility index (Phi) is 7.09. The molecular weight excluding hydrogens is 460 g/mol. The van der Waals surface area contributed by atoms with E-state index in [-0.39, 0.29) is 24.6 Å². The summed E-state index contributed by atoms with van der Waals surface area (Å²) in [6.07, 6.45) is 2.73. The van der Waals surface area contributed by atoms with Crippen LogP contribution in [0.4, 0.5) is 8.78 Å². The molecule has 0 aliphatic heterocycles. The number of alkyl halides is 2. The van der Waals surface area contributed by atoms with Crippen LogP contribution in [0.1, 0.15) is 35.0 Å². The predicted octanol–water partition coefficient (Wildman–Crippen LogP) is 5.38. The van der Waals surface area contributed by atoms with Crippen LogP contribution in [-0.4, -0.2) is 27.8 Å². The van der Waals surface area contributed by atoms with Crippen LogP contribution >= 0.6 is 0 Å². The normalized spacial score (nSPS) is 11.5. The maximum absolute atomic E-state index is 13.5. The molecule has 0 radical (unpaired) electrons. The molecule has 0 aliphatic rings. The highest BCUT2D eigenvalue weighted by atomic mass is 19.3. The van der Waals surface area contributed by atoms with E-state index in [4.69, 9.17) is 18.7 Å². The number of halogens is 2. The van der Waals surface area contributed by atoms with Crippen molar-refractivity contribution in [2.75, 3.05) is 7.11 Å². The number of aryl methyl sites for hydroxylation is 2. The summed E-state index contributed by atoms with van der Waals surface area (Å²) in [6.45, 7) is 0.717. The first kappa shape index (κ1) is 23.9. The van der Waals surface area contributed by atoms with Gasteiger partial charge in [0.2, 0.25) is 0 Å². The van der Waals surface area contributed by atoms with E-state index >= 15 is 0 Å². The molecule has 35 heavy (non-hydrogen) atoms. The highest BCUT2D eigenvalue weighted by molar-refractivity contribution is 5.87. The van der Waals surface area contributed by atoms with Gasteiger partial charge in [-0.25, -0.2) is 9.78 Å². The molecule has 0 atom stereocenters. The maximum Gasteiger partial charge on any atom is 0.331 e. The third-order valence-electron chi connectivity index (χ3n) is 5.36. The van der Waals surface area contributed by atoms with E-state index in [0.29, 0.717) is 28.3 Å². The quantitative estimate of drug-likeness (QED) is 0.233. The van der Waals surface area contributed by atoms with Crippen molar-refractivity contribution in [3.05, 3.63) is 76.9 Å². The van der Waals surface area contributed by atoms with Gasteiger partial charge in [0.1, 0.15) is 19.0 Å². The number of aromatic nitrogens is 3. The van der Waals surface area contributed by atoms with Crippen LogP contribution in [0.3, 0.4) is 0 Å².